The van der Waals surface area contributed by atoms with Crippen LogP contribution < -0.4 is 0 Å². The van der Waals surface area contributed by atoms with Gasteiger partial charge in [-0.25, -0.2) is 13.2 Å². The quantitative estimate of drug-likeness (QED) is 0.743. The summed E-state index contributed by atoms with van der Waals surface area (Å²) in [5, 5.41) is 0. The second kappa shape index (κ2) is 4.64. The summed E-state index contributed by atoms with van der Waals surface area (Å²) in [7, 11) is 0. The minimum Gasteiger partial charge on any atom is -0.288 e. The molecule has 0 fully saturated rings. The van der Waals surface area contributed by atoms with Crippen LogP contribution in [0.2, 0.25) is 0 Å². The normalized spacial score (nSPS) is 10.4. The fourth-order valence-corrected chi connectivity index (χ4v) is 1.65. The predicted molar refractivity (Wildman–Crippen MR) is 60.9 cm³/mol. The molecule has 0 aliphatic carbocycles. The Bertz CT molecular complexity index is 567. The molecule has 0 N–H and O–H groups in total. The van der Waals surface area contributed by atoms with Crippen LogP contribution >= 0.6 is 0 Å². The fourth-order valence-electron chi connectivity index (χ4n) is 1.65. The molecular weight excluding hydrogens is 241 g/mol. The number of rotatable bonds is 2. The topological polar surface area (TPSA) is 17.1 Å². The Hall–Kier alpha value is -2.10. The maximum atomic E-state index is 13.7. The summed E-state index contributed by atoms with van der Waals surface area (Å²) < 4.78 is 40.2. The molecule has 0 saturated carbocycles. The van der Waals surface area contributed by atoms with Crippen LogP contribution in [0.1, 0.15) is 21.5 Å². The third-order valence-corrected chi connectivity index (χ3v) is 2.63. The first-order chi connectivity index (χ1) is 8.52. The van der Waals surface area contributed by atoms with E-state index in [4.69, 9.17) is 0 Å². The van der Waals surface area contributed by atoms with Gasteiger partial charge in [-0.1, -0.05) is 18.2 Å². The molecule has 0 spiro atoms. The molecule has 18 heavy (non-hydrogen) atoms. The predicted octanol–water partition coefficient (Wildman–Crippen LogP) is 3.64. The number of halogens is 3. The van der Waals surface area contributed by atoms with E-state index >= 15 is 0 Å². The summed E-state index contributed by atoms with van der Waals surface area (Å²) >= 11 is 0. The van der Waals surface area contributed by atoms with Crippen molar-refractivity contribution in [2.45, 2.75) is 6.92 Å². The molecule has 2 aromatic rings. The number of hydrogen-bond acceptors (Lipinski definition) is 1. The Labute approximate surface area is 102 Å². The van der Waals surface area contributed by atoms with Crippen molar-refractivity contribution in [1.82, 2.24) is 0 Å². The lowest BCUT2D eigenvalue weighted by atomic mass is 10.0. The third-order valence-electron chi connectivity index (χ3n) is 2.63. The monoisotopic (exact) mass is 250 g/mol. The first kappa shape index (κ1) is 12.4. The molecule has 0 aromatic heterocycles. The number of hydrogen-bond donors (Lipinski definition) is 0. The van der Waals surface area contributed by atoms with Crippen LogP contribution in [-0.4, -0.2) is 5.78 Å². The van der Waals surface area contributed by atoms with Crippen molar-refractivity contribution in [3.05, 3.63) is 70.5 Å². The SMILES string of the molecule is Cc1cccc(C(=O)c2cccc(F)c2F)c1F. The average Bonchev–Trinajstić information content (AvgIpc) is 2.35. The molecular formula is C14H9F3O. The first-order valence-corrected chi connectivity index (χ1v) is 5.26. The van der Waals surface area contributed by atoms with Gasteiger partial charge < -0.3 is 0 Å². The van der Waals surface area contributed by atoms with Gasteiger partial charge in [0.2, 0.25) is 0 Å². The lowest BCUT2D eigenvalue weighted by molar-refractivity contribution is 0.103. The highest BCUT2D eigenvalue weighted by atomic mass is 19.2. The summed E-state index contributed by atoms with van der Waals surface area (Å²) in [6, 6.07) is 7.46. The van der Waals surface area contributed by atoms with Gasteiger partial charge in [0, 0.05) is 0 Å². The van der Waals surface area contributed by atoms with Gasteiger partial charge in [0.1, 0.15) is 5.82 Å². The van der Waals surface area contributed by atoms with Crippen LogP contribution in [0.25, 0.3) is 0 Å². The number of carbonyl (C=O) groups excluding carboxylic acids is 1. The largest absolute Gasteiger partial charge is 0.288 e. The fraction of sp³-hybridized carbons (Fsp3) is 0.0714. The number of aryl methyl sites for hydroxylation is 1. The van der Waals surface area contributed by atoms with E-state index in [9.17, 15) is 18.0 Å². The van der Waals surface area contributed by atoms with Gasteiger partial charge >= 0.3 is 0 Å². The molecule has 0 atom stereocenters. The molecule has 4 heteroatoms. The number of ketones is 1. The summed E-state index contributed by atoms with van der Waals surface area (Å²) in [5.74, 6) is -3.98. The average molecular weight is 250 g/mol. The standard InChI is InChI=1S/C14H9F3O/c1-8-4-2-5-9(12(8)16)14(18)10-6-3-7-11(15)13(10)17/h2-7H,1H3. The molecule has 0 saturated heterocycles. The Morgan fingerprint density at radius 2 is 1.44 bits per heavy atom. The van der Waals surface area contributed by atoms with Crippen molar-refractivity contribution in [2.75, 3.05) is 0 Å². The van der Waals surface area contributed by atoms with E-state index in [2.05, 4.69) is 0 Å². The van der Waals surface area contributed by atoms with Gasteiger partial charge in [-0.3, -0.25) is 4.79 Å². The van der Waals surface area contributed by atoms with Gasteiger partial charge in [-0.05, 0) is 30.7 Å². The van der Waals surface area contributed by atoms with Crippen molar-refractivity contribution in [3.8, 4) is 0 Å². The maximum Gasteiger partial charge on any atom is 0.199 e. The smallest absolute Gasteiger partial charge is 0.199 e. The molecule has 0 aliphatic heterocycles. The maximum absolute atomic E-state index is 13.7. The van der Waals surface area contributed by atoms with Crippen LogP contribution in [0.3, 0.4) is 0 Å². The van der Waals surface area contributed by atoms with Crippen LogP contribution in [0.5, 0.6) is 0 Å². The summed E-state index contributed by atoms with van der Waals surface area (Å²) in [5.41, 5.74) is -0.461. The van der Waals surface area contributed by atoms with Crippen molar-refractivity contribution in [2.24, 2.45) is 0 Å². The molecule has 92 valence electrons. The molecule has 0 unspecified atom stereocenters. The Morgan fingerprint density at radius 3 is 2.11 bits per heavy atom. The Morgan fingerprint density at radius 1 is 0.889 bits per heavy atom. The summed E-state index contributed by atoms with van der Waals surface area (Å²) in [6.45, 7) is 1.49. The highest BCUT2D eigenvalue weighted by Crippen LogP contribution is 2.19. The minimum absolute atomic E-state index is 0.264. The van der Waals surface area contributed by atoms with Crippen LogP contribution in [0, 0.1) is 24.4 Å². The zero-order chi connectivity index (χ0) is 13.3. The van der Waals surface area contributed by atoms with E-state index in [-0.39, 0.29) is 11.1 Å². The van der Waals surface area contributed by atoms with Crippen molar-refractivity contribution < 1.29 is 18.0 Å². The van der Waals surface area contributed by atoms with E-state index in [0.717, 1.165) is 12.1 Å². The van der Waals surface area contributed by atoms with Crippen molar-refractivity contribution in [3.63, 3.8) is 0 Å². The summed E-state index contributed by atoms with van der Waals surface area (Å²) in [4.78, 5) is 11.9. The zero-order valence-electron chi connectivity index (χ0n) is 9.51. The van der Waals surface area contributed by atoms with Gasteiger partial charge in [-0.15, -0.1) is 0 Å². The molecule has 0 bridgehead atoms. The summed E-state index contributed by atoms with van der Waals surface area (Å²) in [6.07, 6.45) is 0. The Balaban J connectivity index is 2.55. The van der Waals surface area contributed by atoms with Crippen LogP contribution in [0.15, 0.2) is 36.4 Å². The molecule has 2 aromatic carbocycles. The second-order valence-electron chi connectivity index (χ2n) is 3.87. The molecule has 1 nitrogen and oxygen atoms in total. The van der Waals surface area contributed by atoms with Crippen LogP contribution in [0.4, 0.5) is 13.2 Å². The highest BCUT2D eigenvalue weighted by molar-refractivity contribution is 6.09. The van der Waals surface area contributed by atoms with Gasteiger partial charge in [0.05, 0.1) is 11.1 Å². The highest BCUT2D eigenvalue weighted by Gasteiger charge is 2.20. The molecule has 2 rings (SSSR count). The van der Waals surface area contributed by atoms with E-state index in [0.29, 0.717) is 0 Å². The molecule has 0 heterocycles. The number of carbonyl (C=O) groups is 1. The Kier molecular flexibility index (Phi) is 3.19. The first-order valence-electron chi connectivity index (χ1n) is 5.26. The zero-order valence-corrected chi connectivity index (χ0v) is 9.51. The van der Waals surface area contributed by atoms with Gasteiger partial charge in [-0.2, -0.15) is 0 Å². The lowest BCUT2D eigenvalue weighted by Crippen LogP contribution is -2.08. The van der Waals surface area contributed by atoms with Crippen LogP contribution in [-0.2, 0) is 0 Å². The van der Waals surface area contributed by atoms with Crippen molar-refractivity contribution in [1.29, 1.82) is 0 Å². The molecule has 0 aliphatic rings. The second-order valence-corrected chi connectivity index (χ2v) is 3.87. The minimum atomic E-state index is -1.26. The third kappa shape index (κ3) is 2.01. The van der Waals surface area contributed by atoms with E-state index < -0.39 is 28.8 Å². The lowest BCUT2D eigenvalue weighted by Gasteiger charge is -2.06. The molecule has 0 radical (unpaired) electrons. The number of benzene rings is 2. The van der Waals surface area contributed by atoms with Gasteiger partial charge in [0.25, 0.3) is 0 Å². The van der Waals surface area contributed by atoms with E-state index in [1.165, 1.54) is 31.2 Å². The van der Waals surface area contributed by atoms with E-state index in [1.807, 2.05) is 0 Å². The molecule has 0 amide bonds. The van der Waals surface area contributed by atoms with Gasteiger partial charge in [0.15, 0.2) is 17.4 Å². The van der Waals surface area contributed by atoms with Crippen molar-refractivity contribution >= 4 is 5.78 Å². The van der Waals surface area contributed by atoms with E-state index in [1.54, 1.807) is 0 Å².